The van der Waals surface area contributed by atoms with E-state index in [0.717, 1.165) is 31.6 Å². The molecule has 0 aliphatic rings. The number of aliphatic hydroxyl groups is 1. The second kappa shape index (κ2) is 5.98. The van der Waals surface area contributed by atoms with Gasteiger partial charge < -0.3 is 9.67 Å². The first-order valence-electron chi connectivity index (χ1n) is 6.00. The van der Waals surface area contributed by atoms with Crippen molar-refractivity contribution < 1.29 is 5.11 Å². The standard InChI is InChI=1S/C13H18N2OS/c1-11(16)5-2-3-8-15-9-7-14-13(15)12-6-4-10-17-12/h4,6-7,9-11,16H,2-3,5,8H2,1H3. The van der Waals surface area contributed by atoms with Crippen LogP contribution in [0.1, 0.15) is 26.2 Å². The number of nitrogens with zero attached hydrogens (tertiary/aromatic N) is 2. The Morgan fingerprint density at radius 2 is 2.35 bits per heavy atom. The van der Waals surface area contributed by atoms with Gasteiger partial charge in [-0.2, -0.15) is 0 Å². The topological polar surface area (TPSA) is 38.0 Å². The zero-order valence-electron chi connectivity index (χ0n) is 10.0. The number of rotatable bonds is 6. The van der Waals surface area contributed by atoms with Crippen molar-refractivity contribution in [3.05, 3.63) is 29.9 Å². The van der Waals surface area contributed by atoms with Gasteiger partial charge >= 0.3 is 0 Å². The zero-order valence-corrected chi connectivity index (χ0v) is 10.9. The molecule has 92 valence electrons. The first kappa shape index (κ1) is 12.3. The summed E-state index contributed by atoms with van der Waals surface area (Å²) in [5.74, 6) is 1.05. The monoisotopic (exact) mass is 250 g/mol. The highest BCUT2D eigenvalue weighted by molar-refractivity contribution is 7.13. The van der Waals surface area contributed by atoms with E-state index in [0.29, 0.717) is 0 Å². The zero-order chi connectivity index (χ0) is 12.1. The number of aromatic nitrogens is 2. The van der Waals surface area contributed by atoms with E-state index >= 15 is 0 Å². The lowest BCUT2D eigenvalue weighted by molar-refractivity contribution is 0.180. The molecule has 2 aromatic rings. The number of imidazole rings is 1. The van der Waals surface area contributed by atoms with E-state index in [9.17, 15) is 5.11 Å². The highest BCUT2D eigenvalue weighted by atomic mass is 32.1. The Bertz CT molecular complexity index is 434. The molecule has 17 heavy (non-hydrogen) atoms. The maximum atomic E-state index is 9.20. The molecule has 0 aliphatic carbocycles. The molecule has 0 saturated carbocycles. The Labute approximate surface area is 106 Å². The first-order chi connectivity index (χ1) is 8.27. The van der Waals surface area contributed by atoms with E-state index in [1.807, 2.05) is 25.4 Å². The molecule has 2 rings (SSSR count). The minimum absolute atomic E-state index is 0.186. The molecular formula is C13H18N2OS. The van der Waals surface area contributed by atoms with Crippen molar-refractivity contribution >= 4 is 11.3 Å². The number of aryl methyl sites for hydroxylation is 1. The van der Waals surface area contributed by atoms with Gasteiger partial charge in [0.2, 0.25) is 0 Å². The fourth-order valence-electron chi connectivity index (χ4n) is 1.84. The third kappa shape index (κ3) is 3.41. The van der Waals surface area contributed by atoms with Crippen LogP contribution in [-0.2, 0) is 6.54 Å². The average molecular weight is 250 g/mol. The Balaban J connectivity index is 1.91. The van der Waals surface area contributed by atoms with E-state index in [1.165, 1.54) is 4.88 Å². The summed E-state index contributed by atoms with van der Waals surface area (Å²) in [5.41, 5.74) is 0. The van der Waals surface area contributed by atoms with Crippen molar-refractivity contribution in [1.82, 2.24) is 9.55 Å². The summed E-state index contributed by atoms with van der Waals surface area (Å²) < 4.78 is 2.19. The Morgan fingerprint density at radius 3 is 3.06 bits per heavy atom. The maximum Gasteiger partial charge on any atom is 0.149 e. The number of thiophene rings is 1. The first-order valence-corrected chi connectivity index (χ1v) is 6.88. The molecule has 0 aliphatic heterocycles. The fourth-order valence-corrected chi connectivity index (χ4v) is 2.58. The molecule has 0 spiro atoms. The van der Waals surface area contributed by atoms with Gasteiger partial charge in [-0.15, -0.1) is 11.3 Å². The molecule has 3 nitrogen and oxygen atoms in total. The number of aliphatic hydroxyl groups excluding tert-OH is 1. The molecule has 1 atom stereocenters. The van der Waals surface area contributed by atoms with Gasteiger partial charge in [-0.25, -0.2) is 4.98 Å². The molecule has 0 saturated heterocycles. The predicted octanol–water partition coefficient (Wildman–Crippen LogP) is 3.16. The lowest BCUT2D eigenvalue weighted by Crippen LogP contribution is -2.02. The number of hydrogen-bond donors (Lipinski definition) is 1. The van der Waals surface area contributed by atoms with E-state index < -0.39 is 0 Å². The van der Waals surface area contributed by atoms with Crippen molar-refractivity contribution in [3.63, 3.8) is 0 Å². The van der Waals surface area contributed by atoms with Gasteiger partial charge in [0.25, 0.3) is 0 Å². The minimum atomic E-state index is -0.186. The maximum absolute atomic E-state index is 9.20. The van der Waals surface area contributed by atoms with Gasteiger partial charge in [-0.3, -0.25) is 0 Å². The normalized spacial score (nSPS) is 12.8. The second-order valence-corrected chi connectivity index (χ2v) is 5.21. The fraction of sp³-hybridized carbons (Fsp3) is 0.462. The summed E-state index contributed by atoms with van der Waals surface area (Å²) >= 11 is 1.72. The van der Waals surface area contributed by atoms with E-state index in [4.69, 9.17) is 0 Å². The van der Waals surface area contributed by atoms with Gasteiger partial charge in [-0.05, 0) is 37.6 Å². The summed E-state index contributed by atoms with van der Waals surface area (Å²) in [5, 5.41) is 11.3. The Hall–Kier alpha value is -1.13. The van der Waals surface area contributed by atoms with E-state index in [-0.39, 0.29) is 6.10 Å². The van der Waals surface area contributed by atoms with Crippen molar-refractivity contribution in [2.75, 3.05) is 0 Å². The summed E-state index contributed by atoms with van der Waals surface area (Å²) in [4.78, 5) is 5.61. The van der Waals surface area contributed by atoms with Gasteiger partial charge in [-0.1, -0.05) is 6.07 Å². The largest absolute Gasteiger partial charge is 0.393 e. The Morgan fingerprint density at radius 1 is 1.47 bits per heavy atom. The lowest BCUT2D eigenvalue weighted by Gasteiger charge is -2.07. The van der Waals surface area contributed by atoms with Crippen LogP contribution in [0.5, 0.6) is 0 Å². The van der Waals surface area contributed by atoms with Crippen LogP contribution in [0.3, 0.4) is 0 Å². The number of unbranched alkanes of at least 4 members (excludes halogenated alkanes) is 1. The summed E-state index contributed by atoms with van der Waals surface area (Å²) in [6.45, 7) is 2.81. The van der Waals surface area contributed by atoms with Crippen LogP contribution in [-0.4, -0.2) is 20.8 Å². The van der Waals surface area contributed by atoms with Crippen LogP contribution in [0.4, 0.5) is 0 Å². The molecule has 2 heterocycles. The van der Waals surface area contributed by atoms with Crippen molar-refractivity contribution in [2.24, 2.45) is 0 Å². The van der Waals surface area contributed by atoms with Crippen LogP contribution in [0, 0.1) is 0 Å². The molecule has 0 amide bonds. The van der Waals surface area contributed by atoms with E-state index in [1.54, 1.807) is 11.3 Å². The minimum Gasteiger partial charge on any atom is -0.393 e. The SMILES string of the molecule is CC(O)CCCCn1ccnc1-c1cccs1. The van der Waals surface area contributed by atoms with E-state index in [2.05, 4.69) is 21.0 Å². The second-order valence-electron chi connectivity index (χ2n) is 4.27. The average Bonchev–Trinajstić information content (AvgIpc) is 2.94. The van der Waals surface area contributed by atoms with Crippen LogP contribution in [0.15, 0.2) is 29.9 Å². The molecule has 4 heteroatoms. The molecule has 1 unspecified atom stereocenters. The summed E-state index contributed by atoms with van der Waals surface area (Å²) in [7, 11) is 0. The van der Waals surface area contributed by atoms with Gasteiger partial charge in [0.15, 0.2) is 0 Å². The summed E-state index contributed by atoms with van der Waals surface area (Å²) in [6, 6.07) is 4.14. The molecular weight excluding hydrogens is 232 g/mol. The van der Waals surface area contributed by atoms with Crippen LogP contribution in [0.2, 0.25) is 0 Å². The molecule has 2 aromatic heterocycles. The highest BCUT2D eigenvalue weighted by Gasteiger charge is 2.06. The molecule has 0 radical (unpaired) electrons. The van der Waals surface area contributed by atoms with Gasteiger partial charge in [0, 0.05) is 18.9 Å². The van der Waals surface area contributed by atoms with Crippen LogP contribution >= 0.6 is 11.3 Å². The molecule has 0 fully saturated rings. The van der Waals surface area contributed by atoms with Crippen LogP contribution in [0.25, 0.3) is 10.7 Å². The van der Waals surface area contributed by atoms with Gasteiger partial charge in [0.1, 0.15) is 5.82 Å². The van der Waals surface area contributed by atoms with Crippen LogP contribution < -0.4 is 0 Å². The molecule has 0 aromatic carbocycles. The smallest absolute Gasteiger partial charge is 0.149 e. The molecule has 1 N–H and O–H groups in total. The quantitative estimate of drug-likeness (QED) is 0.800. The third-order valence-corrected chi connectivity index (χ3v) is 3.59. The van der Waals surface area contributed by atoms with Crippen molar-refractivity contribution in [2.45, 2.75) is 38.8 Å². The lowest BCUT2D eigenvalue weighted by atomic mass is 10.2. The third-order valence-electron chi connectivity index (χ3n) is 2.73. The number of hydrogen-bond acceptors (Lipinski definition) is 3. The molecule has 0 bridgehead atoms. The Kier molecular flexibility index (Phi) is 4.34. The van der Waals surface area contributed by atoms with Crippen molar-refractivity contribution in [1.29, 1.82) is 0 Å². The van der Waals surface area contributed by atoms with Crippen molar-refractivity contribution in [3.8, 4) is 10.7 Å². The summed E-state index contributed by atoms with van der Waals surface area (Å²) in [6.07, 6.45) is 6.71. The van der Waals surface area contributed by atoms with Gasteiger partial charge in [0.05, 0.1) is 11.0 Å². The predicted molar refractivity (Wildman–Crippen MR) is 71.1 cm³/mol. The highest BCUT2D eigenvalue weighted by Crippen LogP contribution is 2.23.